The lowest BCUT2D eigenvalue weighted by Gasteiger charge is -2.34. The normalized spacial score (nSPS) is 22.6. The molecule has 1 saturated carbocycles. The van der Waals surface area contributed by atoms with Crippen molar-refractivity contribution in [2.24, 2.45) is 0 Å². The summed E-state index contributed by atoms with van der Waals surface area (Å²) in [7, 11) is -3.46. The molecule has 1 aliphatic heterocycles. The maximum Gasteiger partial charge on any atom is 0.254 e. The first-order valence-corrected chi connectivity index (χ1v) is 9.10. The second-order valence-corrected chi connectivity index (χ2v) is 7.69. The number of nitrogens with one attached hydrogen (secondary N) is 2. The number of carbonyl (C=O) groups excluding carboxylic acids is 1. The Labute approximate surface area is 130 Å². The van der Waals surface area contributed by atoms with E-state index < -0.39 is 10.0 Å². The highest BCUT2D eigenvalue weighted by molar-refractivity contribution is 7.89. The summed E-state index contributed by atoms with van der Waals surface area (Å²) in [5.41, 5.74) is 0.527. The fourth-order valence-corrected chi connectivity index (χ4v) is 3.88. The topological polar surface area (TPSA) is 78.5 Å². The molecule has 1 heterocycles. The third-order valence-corrected chi connectivity index (χ3v) is 5.61. The van der Waals surface area contributed by atoms with E-state index in [1.54, 1.807) is 12.1 Å². The summed E-state index contributed by atoms with van der Waals surface area (Å²) < 4.78 is 26.8. The maximum absolute atomic E-state index is 12.5. The Morgan fingerprint density at radius 3 is 2.55 bits per heavy atom. The number of rotatable bonds is 4. The highest BCUT2D eigenvalue weighted by Crippen LogP contribution is 2.22. The fourth-order valence-electron chi connectivity index (χ4n) is 2.57. The number of carbonyl (C=O) groups is 1. The molecule has 2 N–H and O–H groups in total. The minimum absolute atomic E-state index is 0.0481. The van der Waals surface area contributed by atoms with Crippen LogP contribution in [0.1, 0.15) is 30.1 Å². The molecule has 0 radical (unpaired) electrons. The van der Waals surface area contributed by atoms with Gasteiger partial charge in [-0.3, -0.25) is 4.79 Å². The van der Waals surface area contributed by atoms with Crippen LogP contribution in [0, 0.1) is 0 Å². The second kappa shape index (κ2) is 5.98. The van der Waals surface area contributed by atoms with Gasteiger partial charge in [-0.25, -0.2) is 13.1 Å². The second-order valence-electron chi connectivity index (χ2n) is 5.97. The van der Waals surface area contributed by atoms with Gasteiger partial charge in [-0.05, 0) is 44.0 Å². The highest BCUT2D eigenvalue weighted by Gasteiger charge is 2.28. The summed E-state index contributed by atoms with van der Waals surface area (Å²) in [6, 6.07) is 6.42. The molecule has 2 aliphatic rings. The van der Waals surface area contributed by atoms with Crippen molar-refractivity contribution in [3.05, 3.63) is 29.8 Å². The first kappa shape index (κ1) is 15.5. The van der Waals surface area contributed by atoms with Crippen molar-refractivity contribution < 1.29 is 13.2 Å². The molecule has 1 saturated heterocycles. The zero-order valence-corrected chi connectivity index (χ0v) is 13.4. The van der Waals surface area contributed by atoms with E-state index >= 15 is 0 Å². The lowest BCUT2D eigenvalue weighted by atomic mass is 10.1. The van der Waals surface area contributed by atoms with Gasteiger partial charge in [0.2, 0.25) is 10.0 Å². The molecule has 7 heteroatoms. The standard InChI is InChI=1S/C15H21N3O3S/c1-11-10-16-8-9-18(11)15(19)12-2-6-14(7-3-12)22(20,21)17-13-4-5-13/h2-3,6-7,11,13,16-17H,4-5,8-10H2,1H3. The SMILES string of the molecule is CC1CNCCN1C(=O)c1ccc(S(=O)(=O)NC2CC2)cc1. The van der Waals surface area contributed by atoms with E-state index in [0.29, 0.717) is 12.1 Å². The molecule has 1 aliphatic carbocycles. The Morgan fingerprint density at radius 1 is 1.27 bits per heavy atom. The highest BCUT2D eigenvalue weighted by atomic mass is 32.2. The molecule has 1 amide bonds. The van der Waals surface area contributed by atoms with Gasteiger partial charge in [-0.2, -0.15) is 0 Å². The molecule has 1 atom stereocenters. The molecule has 22 heavy (non-hydrogen) atoms. The van der Waals surface area contributed by atoms with Crippen molar-refractivity contribution in [2.75, 3.05) is 19.6 Å². The Balaban J connectivity index is 1.74. The maximum atomic E-state index is 12.5. The minimum atomic E-state index is -3.46. The molecule has 1 aromatic carbocycles. The lowest BCUT2D eigenvalue weighted by Crippen LogP contribution is -2.52. The molecule has 0 bridgehead atoms. The van der Waals surface area contributed by atoms with Gasteiger partial charge >= 0.3 is 0 Å². The van der Waals surface area contributed by atoms with Crippen molar-refractivity contribution in [1.29, 1.82) is 0 Å². The van der Waals surface area contributed by atoms with Crippen molar-refractivity contribution in [3.63, 3.8) is 0 Å². The van der Waals surface area contributed by atoms with E-state index in [0.717, 1.165) is 25.9 Å². The first-order valence-electron chi connectivity index (χ1n) is 7.61. The van der Waals surface area contributed by atoms with E-state index in [-0.39, 0.29) is 22.9 Å². The van der Waals surface area contributed by atoms with Crippen LogP contribution < -0.4 is 10.0 Å². The van der Waals surface area contributed by atoms with Gasteiger partial charge in [0.05, 0.1) is 4.90 Å². The third-order valence-electron chi connectivity index (χ3n) is 4.07. The first-order chi connectivity index (χ1) is 10.5. The number of sulfonamides is 1. The van der Waals surface area contributed by atoms with Crippen LogP contribution in [0.3, 0.4) is 0 Å². The van der Waals surface area contributed by atoms with E-state index in [1.807, 2.05) is 11.8 Å². The molecular weight excluding hydrogens is 302 g/mol. The quantitative estimate of drug-likeness (QED) is 0.849. The van der Waals surface area contributed by atoms with Crippen LogP contribution in [0.5, 0.6) is 0 Å². The average Bonchev–Trinajstić information content (AvgIpc) is 3.30. The van der Waals surface area contributed by atoms with Crippen LogP contribution in [0.2, 0.25) is 0 Å². The van der Waals surface area contributed by atoms with Crippen molar-refractivity contribution in [3.8, 4) is 0 Å². The van der Waals surface area contributed by atoms with Crippen molar-refractivity contribution in [1.82, 2.24) is 14.9 Å². The number of nitrogens with zero attached hydrogens (tertiary/aromatic N) is 1. The molecule has 0 spiro atoms. The Kier molecular flexibility index (Phi) is 4.20. The number of hydrogen-bond donors (Lipinski definition) is 2. The molecule has 0 aromatic heterocycles. The van der Waals surface area contributed by atoms with Gasteiger partial charge < -0.3 is 10.2 Å². The van der Waals surface area contributed by atoms with Crippen LogP contribution in [0.25, 0.3) is 0 Å². The summed E-state index contributed by atoms with van der Waals surface area (Å²) in [5, 5.41) is 3.24. The number of benzene rings is 1. The largest absolute Gasteiger partial charge is 0.333 e. The van der Waals surface area contributed by atoms with Gasteiger partial charge in [-0.15, -0.1) is 0 Å². The van der Waals surface area contributed by atoms with Gasteiger partial charge in [-0.1, -0.05) is 0 Å². The summed E-state index contributed by atoms with van der Waals surface area (Å²) in [4.78, 5) is 14.5. The summed E-state index contributed by atoms with van der Waals surface area (Å²) in [5.74, 6) is -0.0481. The zero-order valence-electron chi connectivity index (χ0n) is 12.6. The molecule has 1 unspecified atom stereocenters. The molecule has 120 valence electrons. The number of piperazine rings is 1. The van der Waals surface area contributed by atoms with Gasteiger partial charge in [0.1, 0.15) is 0 Å². The van der Waals surface area contributed by atoms with Crippen LogP contribution in [-0.2, 0) is 10.0 Å². The van der Waals surface area contributed by atoms with Crippen LogP contribution in [0.15, 0.2) is 29.2 Å². The van der Waals surface area contributed by atoms with Crippen LogP contribution >= 0.6 is 0 Å². The molecular formula is C15H21N3O3S. The van der Waals surface area contributed by atoms with Gasteiger partial charge in [0, 0.05) is 37.3 Å². The Morgan fingerprint density at radius 2 is 1.95 bits per heavy atom. The van der Waals surface area contributed by atoms with Crippen molar-refractivity contribution in [2.45, 2.75) is 36.7 Å². The predicted molar refractivity (Wildman–Crippen MR) is 83.2 cm³/mol. The fraction of sp³-hybridized carbons (Fsp3) is 0.533. The number of amides is 1. The molecule has 2 fully saturated rings. The Bertz CT molecular complexity index is 653. The lowest BCUT2D eigenvalue weighted by molar-refractivity contribution is 0.0655. The molecule has 6 nitrogen and oxygen atoms in total. The molecule has 1 aromatic rings. The van der Waals surface area contributed by atoms with Crippen LogP contribution in [0.4, 0.5) is 0 Å². The predicted octanol–water partition coefficient (Wildman–Crippen LogP) is 0.561. The van der Waals surface area contributed by atoms with E-state index in [2.05, 4.69) is 10.0 Å². The van der Waals surface area contributed by atoms with E-state index in [9.17, 15) is 13.2 Å². The van der Waals surface area contributed by atoms with E-state index in [4.69, 9.17) is 0 Å². The summed E-state index contributed by atoms with van der Waals surface area (Å²) in [6.45, 7) is 4.24. The average molecular weight is 323 g/mol. The summed E-state index contributed by atoms with van der Waals surface area (Å²) >= 11 is 0. The third kappa shape index (κ3) is 3.31. The van der Waals surface area contributed by atoms with Crippen LogP contribution in [-0.4, -0.2) is 50.9 Å². The van der Waals surface area contributed by atoms with E-state index in [1.165, 1.54) is 12.1 Å². The minimum Gasteiger partial charge on any atom is -0.333 e. The van der Waals surface area contributed by atoms with Gasteiger partial charge in [0.15, 0.2) is 0 Å². The van der Waals surface area contributed by atoms with Crippen molar-refractivity contribution >= 4 is 15.9 Å². The monoisotopic (exact) mass is 323 g/mol. The molecule has 3 rings (SSSR count). The Hall–Kier alpha value is -1.44. The smallest absolute Gasteiger partial charge is 0.254 e. The zero-order chi connectivity index (χ0) is 15.7. The van der Waals surface area contributed by atoms with Gasteiger partial charge in [0.25, 0.3) is 5.91 Å². The number of hydrogen-bond acceptors (Lipinski definition) is 4. The summed E-state index contributed by atoms with van der Waals surface area (Å²) in [6.07, 6.45) is 1.80.